The van der Waals surface area contributed by atoms with Crippen LogP contribution in [-0.4, -0.2) is 14.6 Å². The van der Waals surface area contributed by atoms with Crippen molar-refractivity contribution in [2.24, 2.45) is 0 Å². The number of rotatable bonds is 1. The maximum Gasteiger partial charge on any atom is 0.154 e. The van der Waals surface area contributed by atoms with Crippen LogP contribution in [0.2, 0.25) is 0 Å². The minimum atomic E-state index is 0.475. The van der Waals surface area contributed by atoms with Crippen molar-refractivity contribution in [1.29, 1.82) is 0 Å². The van der Waals surface area contributed by atoms with E-state index in [0.29, 0.717) is 5.92 Å². The zero-order chi connectivity index (χ0) is 12.0. The van der Waals surface area contributed by atoms with Crippen LogP contribution < -0.4 is 0 Å². The molecule has 0 amide bonds. The second-order valence-corrected chi connectivity index (χ2v) is 5.50. The minimum Gasteiger partial charge on any atom is -0.295 e. The molecule has 0 aliphatic heterocycles. The maximum absolute atomic E-state index is 5.57. The second kappa shape index (κ2) is 3.95. The topological polar surface area (TPSA) is 33.1 Å². The number of aryl methyl sites for hydroxylation is 1. The molecule has 0 fully saturated rings. The molecule has 0 saturated heterocycles. The van der Waals surface area contributed by atoms with Crippen LogP contribution in [0.15, 0.2) is 6.07 Å². The molecule has 0 saturated carbocycles. The lowest BCUT2D eigenvalue weighted by Gasteiger charge is -2.14. The second-order valence-electron chi connectivity index (χ2n) is 5.11. The Balaban J connectivity index is 2.29. The predicted molar refractivity (Wildman–Crippen MR) is 71.1 cm³/mol. The highest BCUT2D eigenvalue weighted by Crippen LogP contribution is 2.23. The number of hydrogen-bond acceptors (Lipinski definition) is 2. The Morgan fingerprint density at radius 3 is 2.88 bits per heavy atom. The summed E-state index contributed by atoms with van der Waals surface area (Å²) in [7, 11) is 0. The molecule has 0 radical (unpaired) electrons. The number of nitrogens with zero attached hydrogens (tertiary/aromatic N) is 2. The Bertz CT molecular complexity index is 621. The van der Waals surface area contributed by atoms with Gasteiger partial charge in [0.1, 0.15) is 4.64 Å². The average molecular weight is 247 g/mol. The lowest BCUT2D eigenvalue weighted by molar-refractivity contribution is 0.655. The Morgan fingerprint density at radius 1 is 1.35 bits per heavy atom. The lowest BCUT2D eigenvalue weighted by atomic mass is 9.97. The van der Waals surface area contributed by atoms with E-state index < -0.39 is 0 Å². The first kappa shape index (κ1) is 11.0. The highest BCUT2D eigenvalue weighted by Gasteiger charge is 2.16. The van der Waals surface area contributed by atoms with Crippen LogP contribution in [0.5, 0.6) is 0 Å². The van der Waals surface area contributed by atoms with Gasteiger partial charge >= 0.3 is 0 Å². The van der Waals surface area contributed by atoms with Crippen LogP contribution in [-0.2, 0) is 12.8 Å². The van der Waals surface area contributed by atoms with Gasteiger partial charge in [0, 0.05) is 23.0 Å². The zero-order valence-electron chi connectivity index (χ0n) is 10.3. The van der Waals surface area contributed by atoms with Gasteiger partial charge < -0.3 is 0 Å². The van der Waals surface area contributed by atoms with E-state index in [2.05, 4.69) is 25.0 Å². The number of hydrogen-bond donors (Lipinski definition) is 1. The van der Waals surface area contributed by atoms with Crippen LogP contribution in [0.4, 0.5) is 0 Å². The van der Waals surface area contributed by atoms with E-state index in [1.165, 1.54) is 29.8 Å². The Kier molecular flexibility index (Phi) is 2.54. The predicted octanol–water partition coefficient (Wildman–Crippen LogP) is 3.39. The molecule has 2 aromatic rings. The van der Waals surface area contributed by atoms with E-state index in [1.54, 1.807) is 0 Å². The molecule has 4 heteroatoms. The summed E-state index contributed by atoms with van der Waals surface area (Å²) in [5.74, 6) is 0.475. The molecule has 17 heavy (non-hydrogen) atoms. The Hall–Kier alpha value is -1.16. The van der Waals surface area contributed by atoms with Crippen molar-refractivity contribution in [3.8, 4) is 0 Å². The molecule has 0 spiro atoms. The van der Waals surface area contributed by atoms with E-state index in [4.69, 9.17) is 17.2 Å². The first-order valence-electron chi connectivity index (χ1n) is 6.30. The fraction of sp³-hybridized carbons (Fsp3) is 0.538. The van der Waals surface area contributed by atoms with Crippen molar-refractivity contribution < 1.29 is 0 Å². The number of aromatic amines is 1. The first-order valence-corrected chi connectivity index (χ1v) is 6.71. The maximum atomic E-state index is 5.57. The molecule has 1 N–H and O–H groups in total. The summed E-state index contributed by atoms with van der Waals surface area (Å²) < 4.78 is 2.89. The lowest BCUT2D eigenvalue weighted by Crippen LogP contribution is -2.09. The van der Waals surface area contributed by atoms with Gasteiger partial charge in [-0.2, -0.15) is 0 Å². The van der Waals surface area contributed by atoms with Crippen molar-refractivity contribution in [1.82, 2.24) is 14.6 Å². The highest BCUT2D eigenvalue weighted by atomic mass is 32.1. The van der Waals surface area contributed by atoms with Gasteiger partial charge in [0.15, 0.2) is 5.65 Å². The Morgan fingerprint density at radius 2 is 2.12 bits per heavy atom. The largest absolute Gasteiger partial charge is 0.295 e. The first-order chi connectivity index (χ1) is 8.16. The van der Waals surface area contributed by atoms with E-state index in [9.17, 15) is 0 Å². The Labute approximate surface area is 106 Å². The number of H-pyrrole nitrogens is 1. The molecule has 0 bridgehead atoms. The van der Waals surface area contributed by atoms with Gasteiger partial charge in [-0.1, -0.05) is 26.1 Å². The van der Waals surface area contributed by atoms with Crippen LogP contribution in [0.1, 0.15) is 49.6 Å². The van der Waals surface area contributed by atoms with Crippen molar-refractivity contribution in [2.75, 3.05) is 0 Å². The summed E-state index contributed by atoms with van der Waals surface area (Å²) in [6.07, 6.45) is 4.65. The molecule has 0 atom stereocenters. The van der Waals surface area contributed by atoms with Crippen molar-refractivity contribution in [2.45, 2.75) is 45.4 Å². The van der Waals surface area contributed by atoms with E-state index in [1.807, 2.05) is 4.52 Å². The summed E-state index contributed by atoms with van der Waals surface area (Å²) in [5, 5.41) is 3.36. The van der Waals surface area contributed by atoms with Crippen molar-refractivity contribution in [3.05, 3.63) is 27.7 Å². The van der Waals surface area contributed by atoms with Crippen LogP contribution >= 0.6 is 12.2 Å². The third kappa shape index (κ3) is 1.71. The normalized spacial score (nSPS) is 15.5. The molecule has 1 aliphatic rings. The van der Waals surface area contributed by atoms with Crippen LogP contribution in [0.3, 0.4) is 0 Å². The smallest absolute Gasteiger partial charge is 0.154 e. The molecule has 2 aromatic heterocycles. The van der Waals surface area contributed by atoms with Gasteiger partial charge in [-0.15, -0.1) is 0 Å². The van der Waals surface area contributed by atoms with Gasteiger partial charge in [-0.05, 0) is 31.6 Å². The van der Waals surface area contributed by atoms with Crippen molar-refractivity contribution in [3.63, 3.8) is 0 Å². The molecule has 90 valence electrons. The fourth-order valence-electron chi connectivity index (χ4n) is 2.47. The van der Waals surface area contributed by atoms with Crippen LogP contribution in [0.25, 0.3) is 5.65 Å². The monoisotopic (exact) mass is 247 g/mol. The van der Waals surface area contributed by atoms with Gasteiger partial charge in [0.2, 0.25) is 0 Å². The molecular formula is C13H17N3S. The molecule has 1 aliphatic carbocycles. The van der Waals surface area contributed by atoms with Crippen molar-refractivity contribution >= 4 is 17.9 Å². The molecule has 0 unspecified atom stereocenters. The van der Waals surface area contributed by atoms with E-state index in [-0.39, 0.29) is 0 Å². The molecule has 3 rings (SSSR count). The van der Waals surface area contributed by atoms with E-state index >= 15 is 0 Å². The molecular weight excluding hydrogens is 230 g/mol. The molecule has 2 heterocycles. The third-order valence-electron chi connectivity index (χ3n) is 3.53. The van der Waals surface area contributed by atoms with Gasteiger partial charge in [-0.25, -0.2) is 9.50 Å². The molecule has 3 nitrogen and oxygen atoms in total. The summed E-state index contributed by atoms with van der Waals surface area (Å²) in [5.41, 5.74) is 4.67. The zero-order valence-corrected chi connectivity index (χ0v) is 11.1. The van der Waals surface area contributed by atoms with Gasteiger partial charge in [-0.3, -0.25) is 5.10 Å². The SMILES string of the molecule is CC(C)c1cc2nc3c(c(=S)n2[nH]1)CCCC3. The standard InChI is InChI=1S/C13H17N3S/c1-8(2)11-7-12-14-10-6-4-3-5-9(10)13(17)16(12)15-11/h7-8,15H,3-6H2,1-2H3. The molecule has 0 aromatic carbocycles. The third-order valence-corrected chi connectivity index (χ3v) is 3.96. The summed E-state index contributed by atoms with van der Waals surface area (Å²) in [4.78, 5) is 4.74. The quantitative estimate of drug-likeness (QED) is 0.784. The number of fused-ring (bicyclic) bond motifs is 2. The van der Waals surface area contributed by atoms with Gasteiger partial charge in [0.25, 0.3) is 0 Å². The summed E-state index contributed by atoms with van der Waals surface area (Å²) in [6, 6.07) is 2.12. The average Bonchev–Trinajstić information content (AvgIpc) is 2.74. The summed E-state index contributed by atoms with van der Waals surface area (Å²) >= 11 is 5.57. The fourth-order valence-corrected chi connectivity index (χ4v) is 2.83. The van der Waals surface area contributed by atoms with Gasteiger partial charge in [0.05, 0.1) is 0 Å². The van der Waals surface area contributed by atoms with E-state index in [0.717, 1.165) is 23.1 Å². The minimum absolute atomic E-state index is 0.475. The summed E-state index contributed by atoms with van der Waals surface area (Å²) in [6.45, 7) is 4.35. The highest BCUT2D eigenvalue weighted by molar-refractivity contribution is 7.71. The van der Waals surface area contributed by atoms with Crippen LogP contribution in [0, 0.1) is 4.64 Å². The number of nitrogens with one attached hydrogen (secondary N) is 1. The number of aromatic nitrogens is 3.